The predicted octanol–water partition coefficient (Wildman–Crippen LogP) is 5.43. The number of amides is 1. The van der Waals surface area contributed by atoms with Crippen LogP contribution in [-0.2, 0) is 4.79 Å². The second-order valence-electron chi connectivity index (χ2n) is 5.06. The van der Waals surface area contributed by atoms with Crippen LogP contribution in [0.4, 0.5) is 5.69 Å². The minimum Gasteiger partial charge on any atom is -0.478 e. The van der Waals surface area contributed by atoms with Crippen LogP contribution in [0.5, 0.6) is 0 Å². The highest BCUT2D eigenvalue weighted by molar-refractivity contribution is 14.1. The van der Waals surface area contributed by atoms with Gasteiger partial charge in [-0.1, -0.05) is 29.3 Å². The molecular formula is C17H10Cl2I2N2O3S. The van der Waals surface area contributed by atoms with Crippen LogP contribution < -0.4 is 10.6 Å². The third kappa shape index (κ3) is 6.56. The molecule has 5 nitrogen and oxygen atoms in total. The van der Waals surface area contributed by atoms with E-state index in [1.807, 2.05) is 45.2 Å². The van der Waals surface area contributed by atoms with E-state index in [0.717, 1.165) is 3.57 Å². The van der Waals surface area contributed by atoms with Gasteiger partial charge in [-0.05, 0) is 93.3 Å². The molecule has 0 unspecified atom stereocenters. The fourth-order valence-corrected chi connectivity index (χ4v) is 4.62. The zero-order valence-electron chi connectivity index (χ0n) is 13.2. The average molecular weight is 647 g/mol. The Morgan fingerprint density at radius 3 is 2.48 bits per heavy atom. The average Bonchev–Trinajstić information content (AvgIpc) is 2.56. The molecule has 0 aliphatic rings. The largest absolute Gasteiger partial charge is 0.478 e. The molecule has 0 spiro atoms. The monoisotopic (exact) mass is 646 g/mol. The van der Waals surface area contributed by atoms with E-state index in [1.54, 1.807) is 24.3 Å². The van der Waals surface area contributed by atoms with Crippen molar-refractivity contribution in [3.8, 4) is 0 Å². The van der Waals surface area contributed by atoms with Gasteiger partial charge in [0.1, 0.15) is 0 Å². The van der Waals surface area contributed by atoms with Crippen LogP contribution >= 0.6 is 80.6 Å². The lowest BCUT2D eigenvalue weighted by molar-refractivity contribution is -0.115. The molecule has 3 N–H and O–H groups in total. The minimum atomic E-state index is -1.10. The van der Waals surface area contributed by atoms with E-state index >= 15 is 0 Å². The number of hydrogen-bond donors (Lipinski definition) is 3. The Morgan fingerprint density at radius 1 is 1.15 bits per heavy atom. The molecule has 0 bridgehead atoms. The Morgan fingerprint density at radius 2 is 1.85 bits per heavy atom. The van der Waals surface area contributed by atoms with Crippen molar-refractivity contribution in [2.45, 2.75) is 0 Å². The molecular weight excluding hydrogens is 637 g/mol. The number of anilines is 1. The molecule has 1 amide bonds. The third-order valence-corrected chi connectivity index (χ3v) is 5.38. The first kappa shape index (κ1) is 22.3. The number of nitrogens with one attached hydrogen (secondary N) is 2. The first-order valence-corrected chi connectivity index (χ1v) is 10.5. The molecule has 0 saturated carbocycles. The number of halogens is 4. The zero-order valence-corrected chi connectivity index (χ0v) is 19.9. The van der Waals surface area contributed by atoms with Crippen LogP contribution in [0.1, 0.15) is 15.9 Å². The zero-order chi connectivity index (χ0) is 20.1. The summed E-state index contributed by atoms with van der Waals surface area (Å²) in [7, 11) is 0. The van der Waals surface area contributed by atoms with Crippen molar-refractivity contribution < 1.29 is 14.7 Å². The number of benzene rings is 2. The first-order chi connectivity index (χ1) is 12.7. The number of carbonyl (C=O) groups excluding carboxylic acids is 1. The number of rotatable bonds is 4. The molecule has 0 fully saturated rings. The summed E-state index contributed by atoms with van der Waals surface area (Å²) < 4.78 is 1.44. The number of aromatic carboxylic acids is 1. The van der Waals surface area contributed by atoms with E-state index in [2.05, 4.69) is 10.6 Å². The van der Waals surface area contributed by atoms with Crippen molar-refractivity contribution in [3.05, 3.63) is 64.7 Å². The molecule has 0 aliphatic carbocycles. The Labute approximate surface area is 197 Å². The van der Waals surface area contributed by atoms with Crippen LogP contribution in [0.2, 0.25) is 10.0 Å². The predicted molar refractivity (Wildman–Crippen MR) is 129 cm³/mol. The van der Waals surface area contributed by atoms with Gasteiger partial charge in [-0.3, -0.25) is 10.1 Å². The highest BCUT2D eigenvalue weighted by Gasteiger charge is 2.16. The number of thiocarbonyl (C=S) groups is 1. The maximum absolute atomic E-state index is 12.0. The normalized spacial score (nSPS) is 10.7. The molecule has 2 rings (SSSR count). The fraction of sp³-hybridized carbons (Fsp3) is 0. The molecule has 0 aliphatic heterocycles. The van der Waals surface area contributed by atoms with Crippen molar-refractivity contribution >= 4 is 109 Å². The molecule has 0 saturated heterocycles. The number of carbonyl (C=O) groups is 2. The second kappa shape index (κ2) is 10.0. The molecule has 2 aromatic carbocycles. The van der Waals surface area contributed by atoms with Gasteiger partial charge in [0.2, 0.25) is 5.91 Å². The molecule has 10 heteroatoms. The summed E-state index contributed by atoms with van der Waals surface area (Å²) in [4.78, 5) is 23.5. The van der Waals surface area contributed by atoms with Crippen LogP contribution in [-0.4, -0.2) is 22.1 Å². The molecule has 0 radical (unpaired) electrons. The van der Waals surface area contributed by atoms with Gasteiger partial charge in [0.25, 0.3) is 0 Å². The van der Waals surface area contributed by atoms with Gasteiger partial charge in [-0.15, -0.1) is 0 Å². The van der Waals surface area contributed by atoms with Crippen LogP contribution in [0.15, 0.2) is 36.4 Å². The quantitative estimate of drug-likeness (QED) is 0.235. The van der Waals surface area contributed by atoms with Crippen molar-refractivity contribution in [3.63, 3.8) is 0 Å². The SMILES string of the molecule is O=C(C=Cc1ccc(Cl)cc1Cl)NC(=S)Nc1c(I)cc(I)cc1C(=O)O. The van der Waals surface area contributed by atoms with Gasteiger partial charge >= 0.3 is 5.97 Å². The topological polar surface area (TPSA) is 78.4 Å². The third-order valence-electron chi connectivity index (χ3n) is 3.14. The molecule has 2 aromatic rings. The van der Waals surface area contributed by atoms with E-state index in [1.165, 1.54) is 18.2 Å². The molecule has 0 aromatic heterocycles. The second-order valence-corrected chi connectivity index (χ2v) is 8.72. The number of carboxylic acids is 1. The maximum atomic E-state index is 12.0. The van der Waals surface area contributed by atoms with E-state index in [0.29, 0.717) is 24.9 Å². The standard InChI is InChI=1S/C17H10Cl2I2N2O3S/c18-9-3-1-8(12(19)5-9)2-4-14(24)22-17(27)23-15-11(16(25)26)6-10(20)7-13(15)21/h1-7H,(H,25,26)(H2,22,23,24,27). The fourth-order valence-electron chi connectivity index (χ4n) is 1.97. The Bertz CT molecular complexity index is 967. The molecule has 0 heterocycles. The lowest BCUT2D eigenvalue weighted by Crippen LogP contribution is -2.33. The van der Waals surface area contributed by atoms with Gasteiger partial charge in [0.15, 0.2) is 5.11 Å². The van der Waals surface area contributed by atoms with Crippen molar-refractivity contribution in [1.29, 1.82) is 0 Å². The van der Waals surface area contributed by atoms with Gasteiger partial charge in [0, 0.05) is 23.3 Å². The van der Waals surface area contributed by atoms with Gasteiger partial charge in [-0.25, -0.2) is 4.79 Å². The molecule has 140 valence electrons. The van der Waals surface area contributed by atoms with Crippen molar-refractivity contribution in [1.82, 2.24) is 5.32 Å². The van der Waals surface area contributed by atoms with Crippen molar-refractivity contribution in [2.24, 2.45) is 0 Å². The van der Waals surface area contributed by atoms with E-state index in [9.17, 15) is 14.7 Å². The summed E-state index contributed by atoms with van der Waals surface area (Å²) >= 11 is 21.0. The van der Waals surface area contributed by atoms with Crippen molar-refractivity contribution in [2.75, 3.05) is 5.32 Å². The van der Waals surface area contributed by atoms with E-state index in [-0.39, 0.29) is 10.7 Å². The highest BCUT2D eigenvalue weighted by atomic mass is 127. The lowest BCUT2D eigenvalue weighted by Gasteiger charge is -2.13. The summed E-state index contributed by atoms with van der Waals surface area (Å²) in [5.74, 6) is -1.59. The van der Waals surface area contributed by atoms with Crippen LogP contribution in [0.25, 0.3) is 6.08 Å². The van der Waals surface area contributed by atoms with Crippen LogP contribution in [0, 0.1) is 7.14 Å². The summed E-state index contributed by atoms with van der Waals surface area (Å²) in [6.45, 7) is 0. The van der Waals surface area contributed by atoms with Gasteiger partial charge in [-0.2, -0.15) is 0 Å². The minimum absolute atomic E-state index is 0.0199. The molecule has 0 atom stereocenters. The summed E-state index contributed by atoms with van der Waals surface area (Å²) in [5, 5.41) is 15.5. The first-order valence-electron chi connectivity index (χ1n) is 7.15. The molecule has 27 heavy (non-hydrogen) atoms. The van der Waals surface area contributed by atoms with Gasteiger partial charge < -0.3 is 10.4 Å². The van der Waals surface area contributed by atoms with Crippen LogP contribution in [0.3, 0.4) is 0 Å². The summed E-state index contributed by atoms with van der Waals surface area (Å²) in [6.07, 6.45) is 2.79. The van der Waals surface area contributed by atoms with Gasteiger partial charge in [0.05, 0.1) is 11.3 Å². The lowest BCUT2D eigenvalue weighted by atomic mass is 10.2. The highest BCUT2D eigenvalue weighted by Crippen LogP contribution is 2.26. The summed E-state index contributed by atoms with van der Waals surface area (Å²) in [5.41, 5.74) is 1.00. The number of carboxylic acid groups (broad SMARTS) is 1. The smallest absolute Gasteiger partial charge is 0.337 e. The van der Waals surface area contributed by atoms with E-state index in [4.69, 9.17) is 35.4 Å². The Hall–Kier alpha value is -0.950. The van der Waals surface area contributed by atoms with E-state index < -0.39 is 11.9 Å². The Kier molecular flexibility index (Phi) is 8.28. The number of hydrogen-bond acceptors (Lipinski definition) is 3. The summed E-state index contributed by atoms with van der Waals surface area (Å²) in [6, 6.07) is 8.21. The Balaban J connectivity index is 2.09. The maximum Gasteiger partial charge on any atom is 0.337 e.